The average Bonchev–Trinajstić information content (AvgIpc) is 2.81. The minimum Gasteiger partial charge on any atom is -0.338 e. The Morgan fingerprint density at radius 3 is 2.90 bits per heavy atom. The molecular weight excluding hydrogens is 324 g/mol. The summed E-state index contributed by atoms with van der Waals surface area (Å²) >= 11 is 3.36. The summed E-state index contributed by atoms with van der Waals surface area (Å²) < 4.78 is 2.74. The van der Waals surface area contributed by atoms with Crippen molar-refractivity contribution in [1.82, 2.24) is 14.9 Å². The monoisotopic (exact) mass is 338 g/mol. The molecule has 0 aliphatic heterocycles. The van der Waals surface area contributed by atoms with Gasteiger partial charge in [-0.05, 0) is 11.6 Å². The van der Waals surface area contributed by atoms with Gasteiger partial charge in [-0.1, -0.05) is 15.9 Å². The third kappa shape index (κ3) is 3.64. The van der Waals surface area contributed by atoms with Crippen LogP contribution in [0.15, 0.2) is 35.1 Å². The number of rotatable bonds is 6. The first-order valence-corrected chi connectivity index (χ1v) is 6.97. The number of nitrogens with zero attached hydrogens (tertiary/aromatic N) is 3. The Bertz CT molecular complexity index is 612. The Hall–Kier alpha value is -1.73. The summed E-state index contributed by atoms with van der Waals surface area (Å²) in [6.45, 7) is 1.46. The summed E-state index contributed by atoms with van der Waals surface area (Å²) in [6.07, 6.45) is 4.54. The van der Waals surface area contributed by atoms with E-state index in [1.807, 2.05) is 17.8 Å². The molecule has 0 fully saturated rings. The van der Waals surface area contributed by atoms with Crippen LogP contribution in [0.5, 0.6) is 0 Å². The Kier molecular flexibility index (Phi) is 4.86. The summed E-state index contributed by atoms with van der Waals surface area (Å²) in [4.78, 5) is 14.5. The predicted octanol–water partition coefficient (Wildman–Crippen LogP) is 2.42. The van der Waals surface area contributed by atoms with Gasteiger partial charge in [-0.25, -0.2) is 4.98 Å². The molecule has 0 saturated heterocycles. The summed E-state index contributed by atoms with van der Waals surface area (Å²) in [5, 5.41) is 14.0. The second kappa shape index (κ2) is 6.62. The first kappa shape index (κ1) is 14.7. The van der Waals surface area contributed by atoms with E-state index in [9.17, 15) is 10.1 Å². The Balaban J connectivity index is 1.85. The van der Waals surface area contributed by atoms with E-state index in [-0.39, 0.29) is 5.69 Å². The van der Waals surface area contributed by atoms with E-state index in [1.54, 1.807) is 12.3 Å². The number of hydrogen-bond acceptors (Lipinski definition) is 4. The number of aromatic nitrogens is 2. The van der Waals surface area contributed by atoms with Gasteiger partial charge in [-0.2, -0.15) is 0 Å². The Labute approximate surface area is 125 Å². The van der Waals surface area contributed by atoms with E-state index in [0.29, 0.717) is 6.54 Å². The van der Waals surface area contributed by atoms with Gasteiger partial charge in [0.1, 0.15) is 5.82 Å². The first-order valence-electron chi connectivity index (χ1n) is 6.17. The van der Waals surface area contributed by atoms with E-state index < -0.39 is 4.92 Å². The van der Waals surface area contributed by atoms with Crippen molar-refractivity contribution in [3.63, 3.8) is 0 Å². The zero-order chi connectivity index (χ0) is 14.5. The maximum absolute atomic E-state index is 10.6. The molecule has 0 aliphatic carbocycles. The molecule has 0 spiro atoms. The molecular formula is C13H15BrN4O2. The molecule has 20 heavy (non-hydrogen) atoms. The molecule has 1 N–H and O–H groups in total. The molecule has 0 saturated carbocycles. The summed E-state index contributed by atoms with van der Waals surface area (Å²) in [5.41, 5.74) is 1.09. The lowest BCUT2D eigenvalue weighted by molar-refractivity contribution is -0.384. The molecule has 7 heteroatoms. The molecule has 1 heterocycles. The van der Waals surface area contributed by atoms with Crippen LogP contribution in [0.3, 0.4) is 0 Å². The fourth-order valence-corrected chi connectivity index (χ4v) is 2.36. The van der Waals surface area contributed by atoms with Gasteiger partial charge in [0, 0.05) is 55.6 Å². The fourth-order valence-electron chi connectivity index (χ4n) is 1.85. The number of halogens is 1. The number of non-ortho nitro benzene ring substituents is 1. The number of nitrogens with one attached hydrogen (secondary N) is 1. The van der Waals surface area contributed by atoms with Gasteiger partial charge in [-0.3, -0.25) is 10.1 Å². The number of benzene rings is 1. The lowest BCUT2D eigenvalue weighted by Crippen LogP contribution is -2.18. The van der Waals surface area contributed by atoms with Crippen LogP contribution >= 0.6 is 15.9 Å². The van der Waals surface area contributed by atoms with Crippen molar-refractivity contribution in [2.45, 2.75) is 13.0 Å². The van der Waals surface area contributed by atoms with E-state index in [2.05, 4.69) is 26.2 Å². The van der Waals surface area contributed by atoms with Gasteiger partial charge in [0.15, 0.2) is 0 Å². The average molecular weight is 339 g/mol. The van der Waals surface area contributed by atoms with Crippen LogP contribution in [0.4, 0.5) is 5.69 Å². The van der Waals surface area contributed by atoms with Crippen molar-refractivity contribution in [2.24, 2.45) is 7.05 Å². The van der Waals surface area contributed by atoms with Gasteiger partial charge >= 0.3 is 0 Å². The van der Waals surface area contributed by atoms with Crippen LogP contribution < -0.4 is 5.32 Å². The van der Waals surface area contributed by atoms with Crippen molar-refractivity contribution >= 4 is 21.6 Å². The van der Waals surface area contributed by atoms with Gasteiger partial charge < -0.3 is 9.88 Å². The standard InChI is InChI=1S/C13H15BrN4O2/c1-17-7-6-16-13(17)4-5-15-9-10-2-3-11(18(19)20)8-12(10)14/h2-3,6-8,15H,4-5,9H2,1H3. The van der Waals surface area contributed by atoms with Gasteiger partial charge in [0.2, 0.25) is 0 Å². The normalized spacial score (nSPS) is 10.7. The van der Waals surface area contributed by atoms with E-state index in [1.165, 1.54) is 12.1 Å². The number of hydrogen-bond donors (Lipinski definition) is 1. The maximum atomic E-state index is 10.6. The van der Waals surface area contributed by atoms with Crippen LogP contribution in [0.2, 0.25) is 0 Å². The van der Waals surface area contributed by atoms with E-state index in [4.69, 9.17) is 0 Å². The SMILES string of the molecule is Cn1ccnc1CCNCc1ccc([N+](=O)[O-])cc1Br. The molecule has 2 rings (SSSR count). The van der Waals surface area contributed by atoms with Crippen molar-refractivity contribution < 1.29 is 4.92 Å². The minimum atomic E-state index is -0.400. The number of nitro groups is 1. The molecule has 106 valence electrons. The van der Waals surface area contributed by atoms with Crippen molar-refractivity contribution in [3.05, 3.63) is 56.6 Å². The third-order valence-electron chi connectivity index (χ3n) is 3.01. The lowest BCUT2D eigenvalue weighted by Gasteiger charge is -2.07. The van der Waals surface area contributed by atoms with E-state index in [0.717, 1.165) is 28.8 Å². The van der Waals surface area contributed by atoms with Crippen LogP contribution in [0, 0.1) is 10.1 Å². The summed E-state index contributed by atoms with van der Waals surface area (Å²) in [6, 6.07) is 4.80. The zero-order valence-electron chi connectivity index (χ0n) is 11.0. The molecule has 0 atom stereocenters. The second-order valence-corrected chi connectivity index (χ2v) is 5.27. The third-order valence-corrected chi connectivity index (χ3v) is 3.75. The molecule has 6 nitrogen and oxygen atoms in total. The quantitative estimate of drug-likeness (QED) is 0.498. The number of imidazole rings is 1. The lowest BCUT2D eigenvalue weighted by atomic mass is 10.2. The molecule has 1 aromatic heterocycles. The van der Waals surface area contributed by atoms with E-state index >= 15 is 0 Å². The maximum Gasteiger partial charge on any atom is 0.270 e. The smallest absolute Gasteiger partial charge is 0.270 e. The van der Waals surface area contributed by atoms with Crippen LogP contribution in [0.1, 0.15) is 11.4 Å². The first-order chi connectivity index (χ1) is 9.58. The highest BCUT2D eigenvalue weighted by Crippen LogP contribution is 2.22. The highest BCUT2D eigenvalue weighted by atomic mass is 79.9. The van der Waals surface area contributed by atoms with Gasteiger partial charge in [0.05, 0.1) is 4.92 Å². The van der Waals surface area contributed by atoms with Gasteiger partial charge in [0.25, 0.3) is 5.69 Å². The highest BCUT2D eigenvalue weighted by molar-refractivity contribution is 9.10. The number of aryl methyl sites for hydroxylation is 1. The summed E-state index contributed by atoms with van der Waals surface area (Å²) in [5.74, 6) is 1.03. The Morgan fingerprint density at radius 2 is 2.30 bits per heavy atom. The summed E-state index contributed by atoms with van der Waals surface area (Å²) in [7, 11) is 1.97. The van der Waals surface area contributed by atoms with Crippen LogP contribution in [0.25, 0.3) is 0 Å². The van der Waals surface area contributed by atoms with Crippen LogP contribution in [-0.2, 0) is 20.0 Å². The molecule has 1 aromatic carbocycles. The van der Waals surface area contributed by atoms with Crippen molar-refractivity contribution in [3.8, 4) is 0 Å². The molecule has 0 bridgehead atoms. The predicted molar refractivity (Wildman–Crippen MR) is 79.4 cm³/mol. The van der Waals surface area contributed by atoms with Crippen LogP contribution in [-0.4, -0.2) is 21.0 Å². The molecule has 0 aliphatic rings. The minimum absolute atomic E-state index is 0.0913. The molecule has 2 aromatic rings. The number of nitro benzene ring substituents is 1. The molecule has 0 amide bonds. The van der Waals surface area contributed by atoms with Crippen molar-refractivity contribution in [2.75, 3.05) is 6.54 Å². The zero-order valence-corrected chi connectivity index (χ0v) is 12.6. The highest BCUT2D eigenvalue weighted by Gasteiger charge is 2.08. The Morgan fingerprint density at radius 1 is 1.50 bits per heavy atom. The molecule has 0 radical (unpaired) electrons. The second-order valence-electron chi connectivity index (χ2n) is 4.41. The van der Waals surface area contributed by atoms with Crippen molar-refractivity contribution in [1.29, 1.82) is 0 Å². The van der Waals surface area contributed by atoms with Gasteiger partial charge in [-0.15, -0.1) is 0 Å². The fraction of sp³-hybridized carbons (Fsp3) is 0.308. The molecule has 0 unspecified atom stereocenters. The topological polar surface area (TPSA) is 73.0 Å². The largest absolute Gasteiger partial charge is 0.338 e.